The van der Waals surface area contributed by atoms with Gasteiger partial charge in [-0.25, -0.2) is 0 Å². The summed E-state index contributed by atoms with van der Waals surface area (Å²) in [5, 5.41) is 3.08. The van der Waals surface area contributed by atoms with E-state index >= 15 is 0 Å². The molecule has 116 valence electrons. The Kier molecular flexibility index (Phi) is 5.27. The zero-order valence-corrected chi connectivity index (χ0v) is 13.4. The summed E-state index contributed by atoms with van der Waals surface area (Å²) in [5.74, 6) is 1.25. The molecule has 2 rings (SSSR count). The zero-order chi connectivity index (χ0) is 15.3. The fourth-order valence-electron chi connectivity index (χ4n) is 2.77. The van der Waals surface area contributed by atoms with Crippen molar-refractivity contribution in [1.29, 1.82) is 0 Å². The molecule has 0 atom stereocenters. The van der Waals surface area contributed by atoms with Crippen LogP contribution in [0.3, 0.4) is 0 Å². The highest BCUT2D eigenvalue weighted by atomic mass is 16.5. The van der Waals surface area contributed by atoms with Gasteiger partial charge in [-0.1, -0.05) is 37.5 Å². The fourth-order valence-corrected chi connectivity index (χ4v) is 2.77. The summed E-state index contributed by atoms with van der Waals surface area (Å²) in [4.78, 5) is 12.2. The molecule has 0 radical (unpaired) electrons. The molecule has 21 heavy (non-hydrogen) atoms. The second-order valence-corrected chi connectivity index (χ2v) is 6.87. The van der Waals surface area contributed by atoms with Crippen LogP contribution in [0.1, 0.15) is 58.4 Å². The van der Waals surface area contributed by atoms with E-state index in [0.717, 1.165) is 24.2 Å². The molecule has 1 aliphatic rings. The lowest BCUT2D eigenvalue weighted by Crippen LogP contribution is -2.32. The van der Waals surface area contributed by atoms with Gasteiger partial charge in [-0.3, -0.25) is 4.79 Å². The quantitative estimate of drug-likeness (QED) is 0.907. The highest BCUT2D eigenvalue weighted by molar-refractivity contribution is 5.78. The number of hydrogen-bond donors (Lipinski definition) is 1. The first kappa shape index (κ1) is 15.9. The number of nitrogens with one attached hydrogen (secondary N) is 1. The first-order valence-electron chi connectivity index (χ1n) is 8.00. The molecule has 1 aliphatic carbocycles. The van der Waals surface area contributed by atoms with Crippen molar-refractivity contribution in [2.75, 3.05) is 0 Å². The average Bonchev–Trinajstić information content (AvgIpc) is 2.45. The molecular formula is C18H27NO2. The van der Waals surface area contributed by atoms with Gasteiger partial charge < -0.3 is 10.1 Å². The van der Waals surface area contributed by atoms with Crippen LogP contribution in [0, 0.1) is 5.92 Å². The molecular weight excluding hydrogens is 262 g/mol. The van der Waals surface area contributed by atoms with Gasteiger partial charge in [-0.2, -0.15) is 0 Å². The van der Waals surface area contributed by atoms with Crippen LogP contribution in [0.4, 0.5) is 0 Å². The van der Waals surface area contributed by atoms with Crippen molar-refractivity contribution in [3.8, 4) is 5.75 Å². The molecule has 1 amide bonds. The summed E-state index contributed by atoms with van der Waals surface area (Å²) in [6, 6.07) is 7.93. The Hall–Kier alpha value is -1.51. The predicted octanol–water partition coefficient (Wildman–Crippen LogP) is 4.06. The van der Waals surface area contributed by atoms with Crippen molar-refractivity contribution in [3.63, 3.8) is 0 Å². The SMILES string of the molecule is CC(C)(C)Oc1ccccc1CNC(=O)C1CCCCC1. The monoisotopic (exact) mass is 289 g/mol. The van der Waals surface area contributed by atoms with Crippen LogP contribution in [0.15, 0.2) is 24.3 Å². The number of hydrogen-bond acceptors (Lipinski definition) is 2. The normalized spacial score (nSPS) is 16.5. The van der Waals surface area contributed by atoms with Gasteiger partial charge in [-0.05, 0) is 39.7 Å². The van der Waals surface area contributed by atoms with E-state index < -0.39 is 0 Å². The molecule has 3 nitrogen and oxygen atoms in total. The van der Waals surface area contributed by atoms with Gasteiger partial charge in [0.05, 0.1) is 0 Å². The van der Waals surface area contributed by atoms with Gasteiger partial charge in [0.15, 0.2) is 0 Å². The van der Waals surface area contributed by atoms with Gasteiger partial charge >= 0.3 is 0 Å². The molecule has 1 N–H and O–H groups in total. The largest absolute Gasteiger partial charge is 0.488 e. The number of carbonyl (C=O) groups is 1. The van der Waals surface area contributed by atoms with Crippen molar-refractivity contribution in [2.45, 2.75) is 65.0 Å². The lowest BCUT2D eigenvalue weighted by Gasteiger charge is -2.24. The summed E-state index contributed by atoms with van der Waals surface area (Å²) in [6.45, 7) is 6.64. The molecule has 0 aromatic heterocycles. The number of carbonyl (C=O) groups excluding carboxylic acids is 1. The summed E-state index contributed by atoms with van der Waals surface area (Å²) in [5.41, 5.74) is 0.806. The highest BCUT2D eigenvalue weighted by Crippen LogP contribution is 2.25. The predicted molar refractivity (Wildman–Crippen MR) is 85.2 cm³/mol. The molecule has 0 aliphatic heterocycles. The van der Waals surface area contributed by atoms with Crippen LogP contribution >= 0.6 is 0 Å². The molecule has 0 heterocycles. The molecule has 0 bridgehead atoms. The number of para-hydroxylation sites is 1. The van der Waals surface area contributed by atoms with Crippen molar-refractivity contribution in [1.82, 2.24) is 5.32 Å². The van der Waals surface area contributed by atoms with Crippen LogP contribution in [-0.2, 0) is 11.3 Å². The summed E-state index contributed by atoms with van der Waals surface area (Å²) in [7, 11) is 0. The Labute approximate surface area is 128 Å². The number of rotatable bonds is 4. The molecule has 0 spiro atoms. The van der Waals surface area contributed by atoms with E-state index in [1.165, 1.54) is 19.3 Å². The smallest absolute Gasteiger partial charge is 0.223 e. The number of amides is 1. The van der Waals surface area contributed by atoms with Crippen LogP contribution in [0.5, 0.6) is 5.75 Å². The van der Waals surface area contributed by atoms with Crippen molar-refractivity contribution in [3.05, 3.63) is 29.8 Å². The maximum absolute atomic E-state index is 12.2. The Bertz CT molecular complexity index is 470. The molecule has 3 heteroatoms. The maximum atomic E-state index is 12.2. The van der Waals surface area contributed by atoms with Gasteiger partial charge in [0.25, 0.3) is 0 Å². The third-order valence-electron chi connectivity index (χ3n) is 3.82. The van der Waals surface area contributed by atoms with E-state index in [-0.39, 0.29) is 17.4 Å². The lowest BCUT2D eigenvalue weighted by atomic mass is 9.88. The molecule has 1 aromatic rings. The van der Waals surface area contributed by atoms with Crippen molar-refractivity contribution < 1.29 is 9.53 Å². The summed E-state index contributed by atoms with van der Waals surface area (Å²) < 4.78 is 5.96. The van der Waals surface area contributed by atoms with Gasteiger partial charge in [0, 0.05) is 18.0 Å². The fraction of sp³-hybridized carbons (Fsp3) is 0.611. The van der Waals surface area contributed by atoms with Gasteiger partial charge in [0.2, 0.25) is 5.91 Å². The average molecular weight is 289 g/mol. The first-order chi connectivity index (χ1) is 9.96. The van der Waals surface area contributed by atoms with E-state index in [1.807, 2.05) is 45.0 Å². The number of ether oxygens (including phenoxy) is 1. The maximum Gasteiger partial charge on any atom is 0.223 e. The highest BCUT2D eigenvalue weighted by Gasteiger charge is 2.21. The van der Waals surface area contributed by atoms with Gasteiger partial charge in [-0.15, -0.1) is 0 Å². The van der Waals surface area contributed by atoms with Crippen LogP contribution in [-0.4, -0.2) is 11.5 Å². The Morgan fingerprint density at radius 2 is 1.86 bits per heavy atom. The van der Waals surface area contributed by atoms with Crippen LogP contribution in [0.25, 0.3) is 0 Å². The topological polar surface area (TPSA) is 38.3 Å². The van der Waals surface area contributed by atoms with Crippen LogP contribution in [0.2, 0.25) is 0 Å². The Morgan fingerprint density at radius 1 is 1.19 bits per heavy atom. The lowest BCUT2D eigenvalue weighted by molar-refractivity contribution is -0.126. The molecule has 1 fully saturated rings. The minimum Gasteiger partial charge on any atom is -0.488 e. The number of benzene rings is 1. The molecule has 0 unspecified atom stereocenters. The summed E-state index contributed by atoms with van der Waals surface area (Å²) in [6.07, 6.45) is 5.70. The third kappa shape index (κ3) is 5.07. The van der Waals surface area contributed by atoms with E-state index in [4.69, 9.17) is 4.74 Å². The Balaban J connectivity index is 1.94. The minimum atomic E-state index is -0.233. The van der Waals surface area contributed by atoms with Gasteiger partial charge in [0.1, 0.15) is 11.4 Å². The molecule has 1 aromatic carbocycles. The minimum absolute atomic E-state index is 0.195. The van der Waals surface area contributed by atoms with Crippen molar-refractivity contribution in [2.24, 2.45) is 5.92 Å². The van der Waals surface area contributed by atoms with E-state index in [0.29, 0.717) is 6.54 Å². The second kappa shape index (κ2) is 6.97. The van der Waals surface area contributed by atoms with Crippen molar-refractivity contribution >= 4 is 5.91 Å². The van der Waals surface area contributed by atoms with E-state index in [2.05, 4.69) is 5.32 Å². The standard InChI is InChI=1S/C18H27NO2/c1-18(2,3)21-16-12-8-7-11-15(16)13-19-17(20)14-9-5-4-6-10-14/h7-8,11-12,14H,4-6,9-10,13H2,1-3H3,(H,19,20). The first-order valence-corrected chi connectivity index (χ1v) is 8.00. The zero-order valence-electron chi connectivity index (χ0n) is 13.4. The molecule has 1 saturated carbocycles. The molecule has 0 saturated heterocycles. The summed E-state index contributed by atoms with van der Waals surface area (Å²) >= 11 is 0. The van der Waals surface area contributed by atoms with Crippen LogP contribution < -0.4 is 10.1 Å². The second-order valence-electron chi connectivity index (χ2n) is 6.87. The van der Waals surface area contributed by atoms with E-state index in [9.17, 15) is 4.79 Å². The van der Waals surface area contributed by atoms with E-state index in [1.54, 1.807) is 0 Å². The Morgan fingerprint density at radius 3 is 2.52 bits per heavy atom. The third-order valence-corrected chi connectivity index (χ3v) is 3.82.